The largest absolute Gasteiger partial charge is 0.573 e. The second-order valence-electron chi connectivity index (χ2n) is 9.05. The fourth-order valence-corrected chi connectivity index (χ4v) is 5.21. The Labute approximate surface area is 168 Å². The van der Waals surface area contributed by atoms with Crippen LogP contribution in [0, 0.1) is 17.8 Å². The molecular weight excluding hydrogens is 361 g/mol. The molecule has 1 aromatic carbocycles. The Morgan fingerprint density at radius 1 is 0.857 bits per heavy atom. The van der Waals surface area contributed by atoms with Crippen LogP contribution in [0.2, 0.25) is 0 Å². The Morgan fingerprint density at radius 3 is 2.21 bits per heavy atom. The molecule has 0 aromatic heterocycles. The van der Waals surface area contributed by atoms with Crippen LogP contribution in [-0.2, 0) is 12.8 Å². The first kappa shape index (κ1) is 21.5. The summed E-state index contributed by atoms with van der Waals surface area (Å²) in [5.41, 5.74) is 2.25. The Kier molecular flexibility index (Phi) is 7.70. The van der Waals surface area contributed by atoms with Gasteiger partial charge in [-0.15, -0.1) is 13.2 Å². The van der Waals surface area contributed by atoms with Gasteiger partial charge < -0.3 is 4.74 Å². The van der Waals surface area contributed by atoms with Gasteiger partial charge in [-0.2, -0.15) is 0 Å². The zero-order valence-electron chi connectivity index (χ0n) is 17.2. The molecule has 0 spiro atoms. The monoisotopic (exact) mass is 396 g/mol. The summed E-state index contributed by atoms with van der Waals surface area (Å²) in [4.78, 5) is 0. The summed E-state index contributed by atoms with van der Waals surface area (Å²) in [5.74, 6) is 2.47. The maximum Gasteiger partial charge on any atom is 0.573 e. The van der Waals surface area contributed by atoms with Crippen LogP contribution in [0.15, 0.2) is 18.2 Å². The highest BCUT2D eigenvalue weighted by atomic mass is 19.4. The van der Waals surface area contributed by atoms with Gasteiger partial charge in [-0.1, -0.05) is 70.8 Å². The van der Waals surface area contributed by atoms with Gasteiger partial charge in [-0.05, 0) is 66.7 Å². The van der Waals surface area contributed by atoms with Gasteiger partial charge in [0.25, 0.3) is 0 Å². The summed E-state index contributed by atoms with van der Waals surface area (Å²) in [6.45, 7) is 2.27. The van der Waals surface area contributed by atoms with Crippen molar-refractivity contribution in [3.8, 4) is 5.75 Å². The van der Waals surface area contributed by atoms with E-state index < -0.39 is 6.36 Å². The number of aryl methyl sites for hydroxylation is 1. The summed E-state index contributed by atoms with van der Waals surface area (Å²) >= 11 is 0. The molecule has 0 radical (unpaired) electrons. The quantitative estimate of drug-likeness (QED) is 0.406. The molecule has 158 valence electrons. The topological polar surface area (TPSA) is 9.23 Å². The van der Waals surface area contributed by atoms with E-state index in [0.29, 0.717) is 5.92 Å². The number of benzene rings is 1. The molecule has 1 saturated carbocycles. The lowest BCUT2D eigenvalue weighted by Gasteiger charge is -2.31. The fraction of sp³-hybridized carbons (Fsp3) is 0.750. The molecule has 0 aliphatic heterocycles. The molecule has 1 fully saturated rings. The second kappa shape index (κ2) is 10.0. The van der Waals surface area contributed by atoms with Gasteiger partial charge in [-0.25, -0.2) is 0 Å². The van der Waals surface area contributed by atoms with Crippen LogP contribution in [-0.4, -0.2) is 6.36 Å². The highest BCUT2D eigenvalue weighted by Gasteiger charge is 2.31. The van der Waals surface area contributed by atoms with Gasteiger partial charge in [0.15, 0.2) is 0 Å². The number of unbranched alkanes of at least 4 members (excludes halogenated alkanes) is 2. The summed E-state index contributed by atoms with van der Waals surface area (Å²) in [7, 11) is 0. The number of hydrogen-bond acceptors (Lipinski definition) is 1. The predicted molar refractivity (Wildman–Crippen MR) is 107 cm³/mol. The van der Waals surface area contributed by atoms with Gasteiger partial charge in [0.2, 0.25) is 0 Å². The van der Waals surface area contributed by atoms with E-state index in [0.717, 1.165) is 36.7 Å². The smallest absolute Gasteiger partial charge is 0.406 e. The lowest BCUT2D eigenvalue weighted by atomic mass is 9.75. The van der Waals surface area contributed by atoms with Gasteiger partial charge >= 0.3 is 6.36 Å². The van der Waals surface area contributed by atoms with Crippen molar-refractivity contribution in [1.29, 1.82) is 0 Å². The first-order chi connectivity index (χ1) is 13.4. The number of halogens is 3. The normalized spacial score (nSPS) is 25.4. The van der Waals surface area contributed by atoms with Crippen molar-refractivity contribution in [2.45, 2.75) is 96.8 Å². The fourth-order valence-electron chi connectivity index (χ4n) is 5.21. The van der Waals surface area contributed by atoms with Crippen molar-refractivity contribution in [3.05, 3.63) is 29.3 Å². The second-order valence-corrected chi connectivity index (χ2v) is 9.05. The molecule has 1 unspecified atom stereocenters. The van der Waals surface area contributed by atoms with E-state index in [4.69, 9.17) is 0 Å². The number of alkyl halides is 3. The van der Waals surface area contributed by atoms with Crippen molar-refractivity contribution in [1.82, 2.24) is 0 Å². The van der Waals surface area contributed by atoms with E-state index in [2.05, 4.69) is 11.7 Å². The molecule has 2 aliphatic carbocycles. The van der Waals surface area contributed by atoms with Crippen molar-refractivity contribution < 1.29 is 17.9 Å². The van der Waals surface area contributed by atoms with E-state index >= 15 is 0 Å². The van der Waals surface area contributed by atoms with Gasteiger partial charge in [-0.3, -0.25) is 0 Å². The van der Waals surface area contributed by atoms with Gasteiger partial charge in [0.05, 0.1) is 0 Å². The van der Waals surface area contributed by atoms with Crippen LogP contribution >= 0.6 is 0 Å². The molecule has 2 aliphatic rings. The van der Waals surface area contributed by atoms with Crippen LogP contribution in [0.25, 0.3) is 0 Å². The third kappa shape index (κ3) is 6.70. The van der Waals surface area contributed by atoms with Crippen molar-refractivity contribution in [3.63, 3.8) is 0 Å². The highest BCUT2D eigenvalue weighted by molar-refractivity contribution is 5.37. The molecule has 0 N–H and O–H groups in total. The van der Waals surface area contributed by atoms with E-state index in [1.54, 1.807) is 6.07 Å². The summed E-state index contributed by atoms with van der Waals surface area (Å²) in [6.07, 6.45) is 12.1. The molecule has 1 aromatic rings. The molecule has 0 heterocycles. The minimum atomic E-state index is -4.61. The minimum absolute atomic E-state index is 0.0830. The van der Waals surface area contributed by atoms with Crippen molar-refractivity contribution in [2.24, 2.45) is 17.8 Å². The Morgan fingerprint density at radius 2 is 1.54 bits per heavy atom. The average Bonchev–Trinajstić information content (AvgIpc) is 2.66. The summed E-state index contributed by atoms with van der Waals surface area (Å²) in [5, 5.41) is 0. The zero-order valence-corrected chi connectivity index (χ0v) is 17.2. The van der Waals surface area contributed by atoms with Gasteiger partial charge in [0.1, 0.15) is 5.75 Å². The number of ether oxygens (including phenoxy) is 1. The van der Waals surface area contributed by atoms with Crippen molar-refractivity contribution >= 4 is 0 Å². The average molecular weight is 397 g/mol. The lowest BCUT2D eigenvalue weighted by molar-refractivity contribution is -0.274. The van der Waals surface area contributed by atoms with E-state index in [1.807, 2.05) is 6.07 Å². The van der Waals surface area contributed by atoms with Crippen LogP contribution < -0.4 is 4.74 Å². The summed E-state index contributed by atoms with van der Waals surface area (Å²) < 4.78 is 41.2. The Balaban J connectivity index is 1.40. The van der Waals surface area contributed by atoms with Crippen LogP contribution in [0.1, 0.15) is 88.7 Å². The first-order valence-corrected chi connectivity index (χ1v) is 11.3. The molecule has 4 heteroatoms. The lowest BCUT2D eigenvalue weighted by Crippen LogP contribution is -2.19. The maximum atomic E-state index is 12.4. The molecule has 0 amide bonds. The van der Waals surface area contributed by atoms with Crippen molar-refractivity contribution in [2.75, 3.05) is 0 Å². The van der Waals surface area contributed by atoms with Crippen LogP contribution in [0.4, 0.5) is 13.2 Å². The molecule has 0 bridgehead atoms. The maximum absolute atomic E-state index is 12.4. The number of rotatable bonds is 8. The third-order valence-electron chi connectivity index (χ3n) is 6.91. The first-order valence-electron chi connectivity index (χ1n) is 11.3. The molecule has 0 saturated heterocycles. The minimum Gasteiger partial charge on any atom is -0.406 e. The Hall–Kier alpha value is -1.19. The van der Waals surface area contributed by atoms with Gasteiger partial charge in [0, 0.05) is 0 Å². The zero-order chi connectivity index (χ0) is 20.0. The molecule has 1 nitrogen and oxygen atoms in total. The number of fused-ring (bicyclic) bond motifs is 1. The standard InChI is InChI=1S/C24H35F3O/c1-2-3-4-5-18-6-8-19(9-7-18)10-11-20-12-13-22-17-23(28-24(25,26)27)15-14-21(22)16-20/h14-15,17-20H,2-13,16H2,1H3. The van der Waals surface area contributed by atoms with E-state index in [-0.39, 0.29) is 5.75 Å². The highest BCUT2D eigenvalue weighted by Crippen LogP contribution is 2.37. The van der Waals surface area contributed by atoms with Crippen LogP contribution in [0.5, 0.6) is 5.75 Å². The Bertz CT molecular complexity index is 602. The van der Waals surface area contributed by atoms with E-state index in [1.165, 1.54) is 75.8 Å². The van der Waals surface area contributed by atoms with Crippen LogP contribution in [0.3, 0.4) is 0 Å². The number of hydrogen-bond donors (Lipinski definition) is 0. The molecular formula is C24H35F3O. The SMILES string of the molecule is CCCCCC1CCC(CCC2CCc3cc(OC(F)(F)F)ccc3C2)CC1. The molecule has 3 rings (SSSR count). The molecule has 1 atom stereocenters. The molecule has 28 heavy (non-hydrogen) atoms. The predicted octanol–water partition coefficient (Wildman–Crippen LogP) is 7.86. The third-order valence-corrected chi connectivity index (χ3v) is 6.91. The summed E-state index contributed by atoms with van der Waals surface area (Å²) in [6, 6.07) is 4.89. The van der Waals surface area contributed by atoms with E-state index in [9.17, 15) is 13.2 Å².